The van der Waals surface area contributed by atoms with Crippen molar-refractivity contribution >= 4 is 5.91 Å². The average Bonchev–Trinajstić information content (AvgIpc) is 2.30. The molecule has 1 fully saturated rings. The first kappa shape index (κ1) is 14.4. The fourth-order valence-electron chi connectivity index (χ4n) is 2.33. The standard InChI is InChI=1S/C12H25N3O2/c1-3-6-15-7-4-11(5-8-15)10(2)14-17-9-12(13)16/h10-11,14H,3-9H2,1-2H3,(H2,13,16). The van der Waals surface area contributed by atoms with Crippen molar-refractivity contribution < 1.29 is 9.63 Å². The van der Waals surface area contributed by atoms with Gasteiger partial charge in [0.2, 0.25) is 5.91 Å². The molecule has 0 aromatic heterocycles. The normalized spacial score (nSPS) is 20.4. The van der Waals surface area contributed by atoms with Gasteiger partial charge < -0.3 is 10.6 Å². The van der Waals surface area contributed by atoms with E-state index in [2.05, 4.69) is 24.2 Å². The number of likely N-dealkylation sites (tertiary alicyclic amines) is 1. The number of amides is 1. The van der Waals surface area contributed by atoms with Crippen molar-refractivity contribution in [2.45, 2.75) is 39.2 Å². The molecule has 1 unspecified atom stereocenters. The van der Waals surface area contributed by atoms with Gasteiger partial charge in [-0.1, -0.05) is 6.92 Å². The molecule has 3 N–H and O–H groups in total. The molecule has 17 heavy (non-hydrogen) atoms. The smallest absolute Gasteiger partial charge is 0.245 e. The van der Waals surface area contributed by atoms with Crippen LogP contribution in [-0.4, -0.2) is 43.1 Å². The summed E-state index contributed by atoms with van der Waals surface area (Å²) < 4.78 is 0. The molecule has 0 aromatic rings. The van der Waals surface area contributed by atoms with Crippen LogP contribution in [0.3, 0.4) is 0 Å². The lowest BCUT2D eigenvalue weighted by Gasteiger charge is -2.34. The zero-order valence-corrected chi connectivity index (χ0v) is 10.9. The predicted molar refractivity (Wildman–Crippen MR) is 67.2 cm³/mol. The molecule has 5 heteroatoms. The van der Waals surface area contributed by atoms with E-state index in [0.29, 0.717) is 5.92 Å². The molecule has 0 saturated carbocycles. The van der Waals surface area contributed by atoms with Crippen LogP contribution in [0.15, 0.2) is 0 Å². The van der Waals surface area contributed by atoms with Crippen molar-refractivity contribution in [2.24, 2.45) is 11.7 Å². The van der Waals surface area contributed by atoms with Crippen LogP contribution in [0.5, 0.6) is 0 Å². The molecule has 1 heterocycles. The van der Waals surface area contributed by atoms with Gasteiger partial charge in [-0.2, -0.15) is 5.48 Å². The Hall–Kier alpha value is -0.650. The summed E-state index contributed by atoms with van der Waals surface area (Å²) in [5, 5.41) is 0. The summed E-state index contributed by atoms with van der Waals surface area (Å²) in [6.45, 7) is 7.79. The maximum Gasteiger partial charge on any atom is 0.245 e. The van der Waals surface area contributed by atoms with Gasteiger partial charge in [0.25, 0.3) is 0 Å². The van der Waals surface area contributed by atoms with Crippen molar-refractivity contribution in [1.82, 2.24) is 10.4 Å². The number of hydroxylamine groups is 1. The monoisotopic (exact) mass is 243 g/mol. The number of primary amides is 1. The first-order valence-corrected chi connectivity index (χ1v) is 6.51. The number of nitrogens with zero attached hydrogens (tertiary/aromatic N) is 1. The van der Waals surface area contributed by atoms with Crippen LogP contribution in [0.2, 0.25) is 0 Å². The Morgan fingerprint density at radius 1 is 1.53 bits per heavy atom. The molecule has 0 radical (unpaired) electrons. The zero-order valence-electron chi connectivity index (χ0n) is 10.9. The van der Waals surface area contributed by atoms with Crippen LogP contribution in [0.4, 0.5) is 0 Å². The van der Waals surface area contributed by atoms with Crippen molar-refractivity contribution in [3.05, 3.63) is 0 Å². The van der Waals surface area contributed by atoms with Gasteiger partial charge in [-0.3, -0.25) is 9.63 Å². The van der Waals surface area contributed by atoms with Gasteiger partial charge in [0.05, 0.1) is 0 Å². The van der Waals surface area contributed by atoms with Crippen molar-refractivity contribution in [1.29, 1.82) is 0 Å². The summed E-state index contributed by atoms with van der Waals surface area (Å²) in [4.78, 5) is 18.1. The van der Waals surface area contributed by atoms with Gasteiger partial charge in [0.1, 0.15) is 6.61 Å². The summed E-state index contributed by atoms with van der Waals surface area (Å²) in [5.41, 5.74) is 7.91. The number of hydrogen-bond donors (Lipinski definition) is 2. The topological polar surface area (TPSA) is 67.6 Å². The summed E-state index contributed by atoms with van der Waals surface area (Å²) in [6.07, 6.45) is 3.60. The largest absolute Gasteiger partial charge is 0.368 e. The predicted octanol–water partition coefficient (Wildman–Crippen LogP) is 0.503. The van der Waals surface area contributed by atoms with Crippen LogP contribution in [0.1, 0.15) is 33.1 Å². The third-order valence-electron chi connectivity index (χ3n) is 3.36. The number of piperidine rings is 1. The fourth-order valence-corrected chi connectivity index (χ4v) is 2.33. The maximum absolute atomic E-state index is 10.5. The third kappa shape index (κ3) is 5.48. The Kier molecular flexibility index (Phi) is 6.47. The molecule has 1 amide bonds. The van der Waals surface area contributed by atoms with E-state index in [1.165, 1.54) is 38.9 Å². The molecule has 0 bridgehead atoms. The first-order chi connectivity index (χ1) is 8.13. The van der Waals surface area contributed by atoms with E-state index in [9.17, 15) is 4.79 Å². The molecule has 0 aromatic carbocycles. The highest BCUT2D eigenvalue weighted by Gasteiger charge is 2.23. The second kappa shape index (κ2) is 7.63. The Morgan fingerprint density at radius 2 is 2.18 bits per heavy atom. The second-order valence-corrected chi connectivity index (χ2v) is 4.84. The lowest BCUT2D eigenvalue weighted by molar-refractivity contribution is -0.126. The zero-order chi connectivity index (χ0) is 12.7. The van der Waals surface area contributed by atoms with E-state index in [1.807, 2.05) is 0 Å². The number of hydrogen-bond acceptors (Lipinski definition) is 4. The molecular weight excluding hydrogens is 218 g/mol. The van der Waals surface area contributed by atoms with Crippen LogP contribution >= 0.6 is 0 Å². The number of rotatable bonds is 7. The molecular formula is C12H25N3O2. The van der Waals surface area contributed by atoms with Gasteiger partial charge in [-0.25, -0.2) is 0 Å². The molecule has 1 saturated heterocycles. The highest BCUT2D eigenvalue weighted by Crippen LogP contribution is 2.20. The van der Waals surface area contributed by atoms with Crippen LogP contribution in [0, 0.1) is 5.92 Å². The van der Waals surface area contributed by atoms with Gasteiger partial charge >= 0.3 is 0 Å². The molecule has 1 aliphatic heterocycles. The maximum atomic E-state index is 10.5. The van der Waals surface area contributed by atoms with Gasteiger partial charge in [0, 0.05) is 6.04 Å². The summed E-state index contributed by atoms with van der Waals surface area (Å²) in [6, 6.07) is 0.276. The quantitative estimate of drug-likeness (QED) is 0.639. The van der Waals surface area contributed by atoms with E-state index in [1.54, 1.807) is 0 Å². The Morgan fingerprint density at radius 3 is 2.71 bits per heavy atom. The van der Waals surface area contributed by atoms with Crippen molar-refractivity contribution in [2.75, 3.05) is 26.2 Å². The second-order valence-electron chi connectivity index (χ2n) is 4.84. The van der Waals surface area contributed by atoms with Crippen LogP contribution < -0.4 is 11.2 Å². The Bertz CT molecular complexity index is 228. The van der Waals surface area contributed by atoms with Crippen LogP contribution in [-0.2, 0) is 9.63 Å². The average molecular weight is 243 g/mol. The first-order valence-electron chi connectivity index (χ1n) is 6.51. The highest BCUT2D eigenvalue weighted by molar-refractivity contribution is 5.74. The van der Waals surface area contributed by atoms with Crippen LogP contribution in [0.25, 0.3) is 0 Å². The summed E-state index contributed by atoms with van der Waals surface area (Å²) >= 11 is 0. The molecule has 1 rings (SSSR count). The fraction of sp³-hybridized carbons (Fsp3) is 0.917. The van der Waals surface area contributed by atoms with E-state index in [4.69, 9.17) is 10.6 Å². The summed E-state index contributed by atoms with van der Waals surface area (Å²) in [5.74, 6) is 0.179. The molecule has 1 atom stereocenters. The van der Waals surface area contributed by atoms with E-state index in [0.717, 1.165) is 0 Å². The minimum Gasteiger partial charge on any atom is -0.368 e. The van der Waals surface area contributed by atoms with E-state index >= 15 is 0 Å². The third-order valence-corrected chi connectivity index (χ3v) is 3.36. The molecule has 5 nitrogen and oxygen atoms in total. The van der Waals surface area contributed by atoms with E-state index < -0.39 is 5.91 Å². The SMILES string of the molecule is CCCN1CCC(C(C)NOCC(N)=O)CC1. The van der Waals surface area contributed by atoms with Crippen molar-refractivity contribution in [3.8, 4) is 0 Å². The number of nitrogens with one attached hydrogen (secondary N) is 1. The molecule has 1 aliphatic rings. The lowest BCUT2D eigenvalue weighted by Crippen LogP contribution is -2.42. The number of carbonyl (C=O) groups excluding carboxylic acids is 1. The van der Waals surface area contributed by atoms with E-state index in [-0.39, 0.29) is 12.6 Å². The molecule has 0 spiro atoms. The van der Waals surface area contributed by atoms with Gasteiger partial charge in [-0.05, 0) is 51.7 Å². The number of nitrogens with two attached hydrogens (primary N) is 1. The minimum absolute atomic E-state index is 0.0565. The Labute approximate surface area is 104 Å². The van der Waals surface area contributed by atoms with Crippen molar-refractivity contribution in [3.63, 3.8) is 0 Å². The Balaban J connectivity index is 2.16. The molecule has 100 valence electrons. The minimum atomic E-state index is -0.442. The lowest BCUT2D eigenvalue weighted by atomic mass is 9.91. The van der Waals surface area contributed by atoms with Gasteiger partial charge in [0.15, 0.2) is 0 Å². The van der Waals surface area contributed by atoms with Gasteiger partial charge in [-0.15, -0.1) is 0 Å². The molecule has 0 aliphatic carbocycles. The number of carbonyl (C=O) groups is 1. The highest BCUT2D eigenvalue weighted by atomic mass is 16.6. The summed E-state index contributed by atoms with van der Waals surface area (Å²) in [7, 11) is 0.